The first-order valence-electron chi connectivity index (χ1n) is 5.53. The van der Waals surface area contributed by atoms with E-state index in [0.29, 0.717) is 12.2 Å². The summed E-state index contributed by atoms with van der Waals surface area (Å²) < 4.78 is 0. The van der Waals surface area contributed by atoms with Crippen LogP contribution in [0.1, 0.15) is 27.2 Å². The molecule has 1 unspecified atom stereocenters. The molecule has 0 aliphatic carbocycles. The fourth-order valence-corrected chi connectivity index (χ4v) is 1.58. The highest BCUT2D eigenvalue weighted by Gasteiger charge is 2.24. The van der Waals surface area contributed by atoms with Gasteiger partial charge in [-0.2, -0.15) is 0 Å². The molecule has 0 radical (unpaired) electrons. The first-order valence-corrected chi connectivity index (χ1v) is 5.53. The van der Waals surface area contributed by atoms with Gasteiger partial charge >= 0.3 is 0 Å². The molecule has 1 aromatic rings. The normalized spacial score (nSPS) is 13.5. The predicted molar refractivity (Wildman–Crippen MR) is 67.2 cm³/mol. The van der Waals surface area contributed by atoms with Crippen molar-refractivity contribution >= 4 is 11.5 Å². The highest BCUT2D eigenvalue weighted by Crippen LogP contribution is 2.26. The van der Waals surface area contributed by atoms with Gasteiger partial charge in [0.1, 0.15) is 5.82 Å². The van der Waals surface area contributed by atoms with E-state index in [1.165, 1.54) is 0 Å². The number of rotatable bonds is 4. The number of hydrogen-bond acceptors (Lipinski definition) is 4. The van der Waals surface area contributed by atoms with E-state index in [9.17, 15) is 0 Å². The Hall–Kier alpha value is -1.29. The highest BCUT2D eigenvalue weighted by molar-refractivity contribution is 5.61. The molecule has 0 aromatic carbocycles. The zero-order valence-electron chi connectivity index (χ0n) is 10.2. The Balaban J connectivity index is 2.80. The van der Waals surface area contributed by atoms with Crippen molar-refractivity contribution in [1.29, 1.82) is 0 Å². The summed E-state index contributed by atoms with van der Waals surface area (Å²) in [4.78, 5) is 4.03. The maximum absolute atomic E-state index is 9.06. The Kier molecular flexibility index (Phi) is 4.12. The molecule has 0 spiro atoms. The van der Waals surface area contributed by atoms with E-state index < -0.39 is 0 Å². The van der Waals surface area contributed by atoms with Crippen LogP contribution in [0.15, 0.2) is 18.3 Å². The maximum Gasteiger partial charge on any atom is 0.146 e. The van der Waals surface area contributed by atoms with Gasteiger partial charge in [0.25, 0.3) is 0 Å². The van der Waals surface area contributed by atoms with E-state index in [1.807, 2.05) is 12.1 Å². The Morgan fingerprint density at radius 3 is 2.69 bits per heavy atom. The Morgan fingerprint density at radius 2 is 2.19 bits per heavy atom. The number of anilines is 2. The number of aliphatic hydroxyl groups excluding tert-OH is 1. The molecule has 1 atom stereocenters. The van der Waals surface area contributed by atoms with Crippen molar-refractivity contribution in [3.8, 4) is 0 Å². The van der Waals surface area contributed by atoms with E-state index in [1.54, 1.807) is 6.20 Å². The van der Waals surface area contributed by atoms with E-state index in [4.69, 9.17) is 10.8 Å². The summed E-state index contributed by atoms with van der Waals surface area (Å²) >= 11 is 0. The lowest BCUT2D eigenvalue weighted by molar-refractivity contribution is 0.235. The van der Waals surface area contributed by atoms with Crippen molar-refractivity contribution < 1.29 is 5.11 Å². The minimum atomic E-state index is 0.0605. The predicted octanol–water partition coefficient (Wildman–Crippen LogP) is 1.87. The molecule has 4 nitrogen and oxygen atoms in total. The summed E-state index contributed by atoms with van der Waals surface area (Å²) in [7, 11) is 0. The molecule has 90 valence electrons. The van der Waals surface area contributed by atoms with Crippen LogP contribution in [-0.4, -0.2) is 22.7 Å². The average Bonchev–Trinajstić information content (AvgIpc) is 2.19. The summed E-state index contributed by atoms with van der Waals surface area (Å²) in [6.45, 7) is 6.56. The molecular weight excluding hydrogens is 202 g/mol. The van der Waals surface area contributed by atoms with Crippen LogP contribution < -0.4 is 11.1 Å². The lowest BCUT2D eigenvalue weighted by Gasteiger charge is -2.32. The van der Waals surface area contributed by atoms with Crippen LogP contribution in [0.2, 0.25) is 0 Å². The van der Waals surface area contributed by atoms with Gasteiger partial charge in [0.2, 0.25) is 0 Å². The van der Waals surface area contributed by atoms with Crippen LogP contribution in [-0.2, 0) is 0 Å². The maximum atomic E-state index is 9.06. The molecule has 0 aliphatic heterocycles. The molecule has 4 N–H and O–H groups in total. The first-order chi connectivity index (χ1) is 7.45. The fourth-order valence-electron chi connectivity index (χ4n) is 1.58. The molecule has 1 aromatic heterocycles. The average molecular weight is 223 g/mol. The lowest BCUT2D eigenvalue weighted by atomic mass is 9.85. The Labute approximate surface area is 96.9 Å². The summed E-state index contributed by atoms with van der Waals surface area (Å²) in [6.07, 6.45) is 2.36. The van der Waals surface area contributed by atoms with E-state index in [-0.39, 0.29) is 18.1 Å². The number of pyridine rings is 1. The molecular formula is C12H21N3O. The molecule has 1 heterocycles. The van der Waals surface area contributed by atoms with Gasteiger partial charge < -0.3 is 16.2 Å². The summed E-state index contributed by atoms with van der Waals surface area (Å²) in [5, 5.41) is 12.4. The number of nitrogens with zero attached hydrogens (tertiary/aromatic N) is 1. The zero-order valence-corrected chi connectivity index (χ0v) is 10.2. The molecule has 1 rings (SSSR count). The van der Waals surface area contributed by atoms with Gasteiger partial charge in [-0.05, 0) is 24.0 Å². The van der Waals surface area contributed by atoms with Gasteiger partial charge in [-0.3, -0.25) is 0 Å². The summed E-state index contributed by atoms with van der Waals surface area (Å²) in [5.41, 5.74) is 6.66. The molecule has 0 saturated carbocycles. The minimum absolute atomic E-state index is 0.0605. The van der Waals surface area contributed by atoms with E-state index in [0.717, 1.165) is 5.69 Å². The van der Waals surface area contributed by atoms with Gasteiger partial charge in [-0.15, -0.1) is 0 Å². The van der Waals surface area contributed by atoms with Gasteiger partial charge in [-0.25, -0.2) is 4.98 Å². The quantitative estimate of drug-likeness (QED) is 0.728. The van der Waals surface area contributed by atoms with E-state index in [2.05, 4.69) is 31.1 Å². The first kappa shape index (κ1) is 12.8. The van der Waals surface area contributed by atoms with Crippen molar-refractivity contribution in [2.24, 2.45) is 5.41 Å². The Morgan fingerprint density at radius 1 is 1.50 bits per heavy atom. The lowest BCUT2D eigenvalue weighted by Crippen LogP contribution is -2.35. The van der Waals surface area contributed by atoms with Crippen LogP contribution >= 0.6 is 0 Å². The van der Waals surface area contributed by atoms with Crippen molar-refractivity contribution in [3.63, 3.8) is 0 Å². The summed E-state index contributed by atoms with van der Waals surface area (Å²) in [6, 6.07) is 3.92. The van der Waals surface area contributed by atoms with E-state index >= 15 is 0 Å². The largest absolute Gasteiger partial charge is 0.396 e. The second kappa shape index (κ2) is 5.16. The highest BCUT2D eigenvalue weighted by atomic mass is 16.3. The SMILES string of the molecule is CC(C)(C)C(CCO)Nc1cccnc1N. The third kappa shape index (κ3) is 3.38. The third-order valence-corrected chi connectivity index (χ3v) is 2.63. The van der Waals surface area contributed by atoms with Crippen molar-refractivity contribution in [2.45, 2.75) is 33.2 Å². The smallest absolute Gasteiger partial charge is 0.146 e. The second-order valence-corrected chi connectivity index (χ2v) is 5.01. The number of hydrogen-bond donors (Lipinski definition) is 3. The van der Waals surface area contributed by atoms with Gasteiger partial charge in [0.15, 0.2) is 0 Å². The summed E-state index contributed by atoms with van der Waals surface area (Å²) in [5.74, 6) is 0.495. The van der Waals surface area contributed by atoms with Crippen molar-refractivity contribution in [2.75, 3.05) is 17.7 Å². The zero-order chi connectivity index (χ0) is 12.2. The number of nitrogen functional groups attached to an aromatic ring is 1. The molecule has 0 aliphatic rings. The molecule has 16 heavy (non-hydrogen) atoms. The van der Waals surface area contributed by atoms with Crippen LogP contribution in [0.3, 0.4) is 0 Å². The fraction of sp³-hybridized carbons (Fsp3) is 0.583. The number of nitrogens with two attached hydrogens (primary N) is 1. The molecule has 0 saturated heterocycles. The monoisotopic (exact) mass is 223 g/mol. The third-order valence-electron chi connectivity index (χ3n) is 2.63. The van der Waals surface area contributed by atoms with Crippen molar-refractivity contribution in [1.82, 2.24) is 4.98 Å². The molecule has 0 fully saturated rings. The molecule has 0 bridgehead atoms. The van der Waals surface area contributed by atoms with Crippen LogP contribution in [0.25, 0.3) is 0 Å². The number of aliphatic hydroxyl groups is 1. The van der Waals surface area contributed by atoms with Gasteiger partial charge in [-0.1, -0.05) is 20.8 Å². The number of nitrogens with one attached hydrogen (secondary N) is 1. The van der Waals surface area contributed by atoms with Crippen LogP contribution in [0.5, 0.6) is 0 Å². The van der Waals surface area contributed by atoms with Gasteiger partial charge in [0.05, 0.1) is 5.69 Å². The Bertz CT molecular complexity index is 333. The van der Waals surface area contributed by atoms with Gasteiger partial charge in [0, 0.05) is 18.8 Å². The van der Waals surface area contributed by atoms with Crippen molar-refractivity contribution in [3.05, 3.63) is 18.3 Å². The topological polar surface area (TPSA) is 71.2 Å². The molecule has 4 heteroatoms. The number of aromatic nitrogens is 1. The molecule has 0 amide bonds. The standard InChI is InChI=1S/C12H21N3O/c1-12(2,3)10(6-8-16)15-9-5-4-7-14-11(9)13/h4-5,7,10,15-16H,6,8H2,1-3H3,(H2,13,14). The van der Waals surface area contributed by atoms with Crippen LogP contribution in [0.4, 0.5) is 11.5 Å². The second-order valence-electron chi connectivity index (χ2n) is 5.01. The van der Waals surface area contributed by atoms with Crippen LogP contribution in [0, 0.1) is 5.41 Å². The minimum Gasteiger partial charge on any atom is -0.396 e.